The van der Waals surface area contributed by atoms with E-state index in [-0.39, 0.29) is 5.41 Å². The summed E-state index contributed by atoms with van der Waals surface area (Å²) in [5, 5.41) is 1.07. The van der Waals surface area contributed by atoms with Crippen LogP contribution in [0.1, 0.15) is 48.6 Å². The quantitative estimate of drug-likeness (QED) is 0.276. The van der Waals surface area contributed by atoms with Crippen LogP contribution in [0.2, 0.25) is 0 Å². The summed E-state index contributed by atoms with van der Waals surface area (Å²) in [5.74, 6) is 1.37. The summed E-state index contributed by atoms with van der Waals surface area (Å²) in [5.41, 5.74) is 10.3. The Hall–Kier alpha value is -3.20. The Kier molecular flexibility index (Phi) is 4.23. The van der Waals surface area contributed by atoms with E-state index >= 15 is 0 Å². The molecule has 0 saturated carbocycles. The molecule has 0 atom stereocenters. The fraction of sp³-hybridized carbons (Fsp3) is 0.286. The lowest BCUT2D eigenvalue weighted by atomic mass is 9.84. The summed E-state index contributed by atoms with van der Waals surface area (Å²) in [7, 11) is 0. The van der Waals surface area contributed by atoms with Crippen LogP contribution in [-0.4, -0.2) is 0 Å². The molecular formula is C28H29NO2. The SMILES string of the molecule is Cc1ccc2c(c1)Oc1oc3ccc(C)cc3c1N2c1c(C)cc(C(C)(C)C)cc1C. The molecule has 2 heterocycles. The molecule has 31 heavy (non-hydrogen) atoms. The van der Waals surface area contributed by atoms with E-state index in [2.05, 4.69) is 95.8 Å². The number of hydrogen-bond acceptors (Lipinski definition) is 3. The number of hydrogen-bond donors (Lipinski definition) is 0. The normalized spacial score (nSPS) is 13.2. The zero-order chi connectivity index (χ0) is 22.1. The second-order valence-electron chi connectivity index (χ2n) is 9.86. The topological polar surface area (TPSA) is 25.6 Å². The van der Waals surface area contributed by atoms with Crippen molar-refractivity contribution >= 4 is 28.0 Å². The number of anilines is 3. The van der Waals surface area contributed by atoms with Gasteiger partial charge in [-0.3, -0.25) is 4.90 Å². The zero-order valence-electron chi connectivity index (χ0n) is 19.4. The Bertz CT molecular complexity index is 1310. The highest BCUT2D eigenvalue weighted by Crippen LogP contribution is 2.56. The molecule has 0 aliphatic carbocycles. The number of aryl methyl sites for hydroxylation is 4. The van der Waals surface area contributed by atoms with Gasteiger partial charge in [0.25, 0.3) is 0 Å². The van der Waals surface area contributed by atoms with Crippen molar-refractivity contribution < 1.29 is 9.15 Å². The van der Waals surface area contributed by atoms with Gasteiger partial charge in [0, 0.05) is 5.39 Å². The van der Waals surface area contributed by atoms with E-state index in [0.29, 0.717) is 5.95 Å². The minimum absolute atomic E-state index is 0.0959. The first-order valence-electron chi connectivity index (χ1n) is 10.9. The van der Waals surface area contributed by atoms with E-state index in [1.165, 1.54) is 27.9 Å². The summed E-state index contributed by atoms with van der Waals surface area (Å²) in [6.07, 6.45) is 0. The first-order chi connectivity index (χ1) is 14.6. The Morgan fingerprint density at radius 1 is 0.742 bits per heavy atom. The number of ether oxygens (including phenoxy) is 1. The molecule has 3 aromatic carbocycles. The second kappa shape index (κ2) is 6.65. The number of fused-ring (bicyclic) bond motifs is 4. The fourth-order valence-corrected chi connectivity index (χ4v) is 4.54. The van der Waals surface area contributed by atoms with Gasteiger partial charge in [-0.2, -0.15) is 0 Å². The number of nitrogens with zero attached hydrogens (tertiary/aromatic N) is 1. The fourth-order valence-electron chi connectivity index (χ4n) is 4.54. The van der Waals surface area contributed by atoms with Crippen LogP contribution < -0.4 is 9.64 Å². The minimum Gasteiger partial charge on any atom is -0.424 e. The standard InChI is InChI=1S/C28H29NO2/c1-16-9-11-23-21(12-16)26-27(30-23)31-24-13-17(2)8-10-22(24)29(26)25-18(3)14-20(15-19(25)4)28(5,6)7/h8-15H,1-7H3. The van der Waals surface area contributed by atoms with Gasteiger partial charge in [0.05, 0.1) is 11.4 Å². The molecule has 158 valence electrons. The number of rotatable bonds is 1. The average Bonchev–Trinajstić information content (AvgIpc) is 3.03. The van der Waals surface area contributed by atoms with Gasteiger partial charge in [0.1, 0.15) is 11.3 Å². The third-order valence-electron chi connectivity index (χ3n) is 6.15. The van der Waals surface area contributed by atoms with Crippen molar-refractivity contribution in [2.24, 2.45) is 0 Å². The van der Waals surface area contributed by atoms with E-state index in [0.717, 1.165) is 33.7 Å². The van der Waals surface area contributed by atoms with Crippen molar-refractivity contribution in [2.45, 2.75) is 53.9 Å². The maximum atomic E-state index is 6.28. The molecule has 1 aliphatic rings. The van der Waals surface area contributed by atoms with Crippen molar-refractivity contribution in [3.05, 3.63) is 76.3 Å². The molecule has 0 spiro atoms. The van der Waals surface area contributed by atoms with Crippen LogP contribution in [0.3, 0.4) is 0 Å². The van der Waals surface area contributed by atoms with Crippen LogP contribution >= 0.6 is 0 Å². The minimum atomic E-state index is 0.0959. The molecule has 0 unspecified atom stereocenters. The Labute approximate surface area is 184 Å². The Morgan fingerprint density at radius 3 is 2.06 bits per heavy atom. The molecule has 0 bridgehead atoms. The molecule has 4 aromatic rings. The average molecular weight is 412 g/mol. The van der Waals surface area contributed by atoms with Crippen molar-refractivity contribution in [2.75, 3.05) is 4.90 Å². The van der Waals surface area contributed by atoms with Crippen LogP contribution in [0.4, 0.5) is 17.1 Å². The number of benzene rings is 3. The van der Waals surface area contributed by atoms with Crippen LogP contribution in [-0.2, 0) is 5.41 Å². The van der Waals surface area contributed by atoms with E-state index in [4.69, 9.17) is 9.15 Å². The second-order valence-corrected chi connectivity index (χ2v) is 9.86. The lowest BCUT2D eigenvalue weighted by Gasteiger charge is -2.33. The van der Waals surface area contributed by atoms with Gasteiger partial charge < -0.3 is 9.15 Å². The summed E-state index contributed by atoms with van der Waals surface area (Å²) in [4.78, 5) is 2.33. The van der Waals surface area contributed by atoms with Gasteiger partial charge >= 0.3 is 5.95 Å². The van der Waals surface area contributed by atoms with E-state index < -0.39 is 0 Å². The molecule has 3 nitrogen and oxygen atoms in total. The highest BCUT2D eigenvalue weighted by molar-refractivity contribution is 6.03. The van der Waals surface area contributed by atoms with Crippen LogP contribution in [0, 0.1) is 27.7 Å². The van der Waals surface area contributed by atoms with E-state index in [1.54, 1.807) is 0 Å². The maximum Gasteiger partial charge on any atom is 0.316 e. The molecule has 0 fully saturated rings. The molecular weight excluding hydrogens is 382 g/mol. The molecule has 1 aliphatic heterocycles. The smallest absolute Gasteiger partial charge is 0.316 e. The van der Waals surface area contributed by atoms with Crippen LogP contribution in [0.25, 0.3) is 11.0 Å². The molecule has 0 radical (unpaired) electrons. The monoisotopic (exact) mass is 411 g/mol. The lowest BCUT2D eigenvalue weighted by molar-refractivity contribution is 0.357. The Morgan fingerprint density at radius 2 is 1.39 bits per heavy atom. The van der Waals surface area contributed by atoms with Crippen LogP contribution in [0.15, 0.2) is 52.9 Å². The van der Waals surface area contributed by atoms with Gasteiger partial charge in [-0.15, -0.1) is 0 Å². The molecule has 0 amide bonds. The third-order valence-corrected chi connectivity index (χ3v) is 6.15. The molecule has 0 N–H and O–H groups in total. The van der Waals surface area contributed by atoms with Crippen molar-refractivity contribution in [1.29, 1.82) is 0 Å². The van der Waals surface area contributed by atoms with Gasteiger partial charge in [0.2, 0.25) is 0 Å². The summed E-state index contributed by atoms with van der Waals surface area (Å²) in [6, 6.07) is 17.3. The summed E-state index contributed by atoms with van der Waals surface area (Å²) >= 11 is 0. The lowest BCUT2D eigenvalue weighted by Crippen LogP contribution is -2.19. The van der Waals surface area contributed by atoms with Gasteiger partial charge in [0.15, 0.2) is 5.75 Å². The predicted octanol–water partition coefficient (Wildman–Crippen LogP) is 8.54. The highest BCUT2D eigenvalue weighted by Gasteiger charge is 2.33. The summed E-state index contributed by atoms with van der Waals surface area (Å²) < 4.78 is 12.5. The summed E-state index contributed by atoms with van der Waals surface area (Å²) in [6.45, 7) is 15.4. The van der Waals surface area contributed by atoms with Crippen molar-refractivity contribution in [3.63, 3.8) is 0 Å². The first-order valence-corrected chi connectivity index (χ1v) is 10.9. The third kappa shape index (κ3) is 3.11. The highest BCUT2D eigenvalue weighted by atomic mass is 16.6. The molecule has 5 rings (SSSR count). The predicted molar refractivity (Wildman–Crippen MR) is 129 cm³/mol. The molecule has 0 saturated heterocycles. The molecule has 1 aromatic heterocycles. The van der Waals surface area contributed by atoms with Gasteiger partial charge in [-0.25, -0.2) is 0 Å². The van der Waals surface area contributed by atoms with E-state index in [1.807, 2.05) is 6.07 Å². The Balaban J connectivity index is 1.84. The van der Waals surface area contributed by atoms with Crippen molar-refractivity contribution in [1.82, 2.24) is 0 Å². The van der Waals surface area contributed by atoms with Gasteiger partial charge in [-0.05, 0) is 79.6 Å². The van der Waals surface area contributed by atoms with E-state index in [9.17, 15) is 0 Å². The zero-order valence-corrected chi connectivity index (χ0v) is 19.4. The van der Waals surface area contributed by atoms with Gasteiger partial charge in [-0.1, -0.05) is 50.6 Å². The van der Waals surface area contributed by atoms with Crippen LogP contribution in [0.5, 0.6) is 11.7 Å². The van der Waals surface area contributed by atoms with Crippen molar-refractivity contribution in [3.8, 4) is 11.7 Å². The maximum absolute atomic E-state index is 6.28. The number of furan rings is 1. The largest absolute Gasteiger partial charge is 0.424 e. The molecule has 3 heteroatoms. The first kappa shape index (κ1) is 19.7.